The Balaban J connectivity index is 0.00000116. The van der Waals surface area contributed by atoms with E-state index in [0.29, 0.717) is 0 Å². The van der Waals surface area contributed by atoms with E-state index in [2.05, 4.69) is 10.2 Å². The number of hydrogen-bond donors (Lipinski definition) is 3. The number of hydrogen-bond acceptors (Lipinski definition) is 4. The molecule has 0 spiro atoms. The third-order valence-corrected chi connectivity index (χ3v) is 3.32. The van der Waals surface area contributed by atoms with Crippen molar-refractivity contribution in [3.8, 4) is 5.75 Å². The molecule has 0 aromatic heterocycles. The molecule has 0 amide bonds. The Hall–Kier alpha value is -1.75. The van der Waals surface area contributed by atoms with E-state index in [1.807, 2.05) is 43.4 Å². The van der Waals surface area contributed by atoms with Gasteiger partial charge in [-0.2, -0.15) is 0 Å². The minimum atomic E-state index is 0.273. The SMILES string of the molecule is CNCCCN(c1ccc(O)cc1)c1cccc(Cl)c1.CO. The van der Waals surface area contributed by atoms with Gasteiger partial charge in [-0.05, 0) is 62.5 Å². The summed E-state index contributed by atoms with van der Waals surface area (Å²) in [6.45, 7) is 1.83. The lowest BCUT2D eigenvalue weighted by Gasteiger charge is -2.25. The maximum absolute atomic E-state index is 9.42. The number of aliphatic hydroxyl groups excluding tert-OH is 1. The molecule has 5 heteroatoms. The first-order chi connectivity index (χ1) is 10.7. The van der Waals surface area contributed by atoms with Crippen LogP contribution in [0.4, 0.5) is 11.4 Å². The highest BCUT2D eigenvalue weighted by molar-refractivity contribution is 6.30. The fourth-order valence-electron chi connectivity index (χ4n) is 2.10. The maximum atomic E-state index is 9.42. The molecule has 120 valence electrons. The van der Waals surface area contributed by atoms with Gasteiger partial charge in [0.1, 0.15) is 5.75 Å². The van der Waals surface area contributed by atoms with E-state index in [1.54, 1.807) is 12.1 Å². The first kappa shape index (κ1) is 18.3. The molecule has 0 atom stereocenters. The molecule has 0 bridgehead atoms. The quantitative estimate of drug-likeness (QED) is 0.713. The predicted octanol–water partition coefficient (Wildman–Crippen LogP) is 3.40. The fourth-order valence-corrected chi connectivity index (χ4v) is 2.28. The van der Waals surface area contributed by atoms with Crippen LogP contribution in [0.2, 0.25) is 5.02 Å². The number of anilines is 2. The van der Waals surface area contributed by atoms with E-state index >= 15 is 0 Å². The zero-order valence-corrected chi connectivity index (χ0v) is 13.7. The smallest absolute Gasteiger partial charge is 0.115 e. The summed E-state index contributed by atoms with van der Waals surface area (Å²) in [7, 11) is 2.95. The Bertz CT molecular complexity index is 547. The Morgan fingerprint density at radius 1 is 1.05 bits per heavy atom. The first-order valence-corrected chi connectivity index (χ1v) is 7.50. The van der Waals surface area contributed by atoms with Crippen molar-refractivity contribution < 1.29 is 10.2 Å². The number of aliphatic hydroxyl groups is 1. The van der Waals surface area contributed by atoms with E-state index in [4.69, 9.17) is 16.7 Å². The standard InChI is InChI=1S/C16H19ClN2O.CH4O/c1-18-10-3-11-19(14-6-8-16(20)9-7-14)15-5-2-4-13(17)12-15;1-2/h2,4-9,12,18,20H,3,10-11H2,1H3;2H,1H3. The van der Waals surface area contributed by atoms with E-state index in [9.17, 15) is 5.11 Å². The predicted molar refractivity (Wildman–Crippen MR) is 93.3 cm³/mol. The van der Waals surface area contributed by atoms with Gasteiger partial charge in [-0.3, -0.25) is 0 Å². The molecule has 4 nitrogen and oxygen atoms in total. The third kappa shape index (κ3) is 5.56. The van der Waals surface area contributed by atoms with Crippen molar-refractivity contribution >= 4 is 23.0 Å². The molecule has 0 aliphatic carbocycles. The van der Waals surface area contributed by atoms with Crippen molar-refractivity contribution in [3.05, 3.63) is 53.6 Å². The van der Waals surface area contributed by atoms with Crippen LogP contribution in [0.15, 0.2) is 48.5 Å². The molecule has 2 aromatic rings. The molecule has 0 saturated heterocycles. The van der Waals surface area contributed by atoms with Crippen molar-refractivity contribution in [1.82, 2.24) is 5.32 Å². The molecule has 0 aliphatic rings. The lowest BCUT2D eigenvalue weighted by atomic mass is 10.2. The molecule has 2 rings (SSSR count). The molecular weight excluding hydrogens is 300 g/mol. The number of benzene rings is 2. The lowest BCUT2D eigenvalue weighted by Crippen LogP contribution is -2.22. The van der Waals surface area contributed by atoms with E-state index in [-0.39, 0.29) is 5.75 Å². The summed E-state index contributed by atoms with van der Waals surface area (Å²) in [5.74, 6) is 0.273. The molecule has 3 N–H and O–H groups in total. The number of phenolic OH excluding ortho intramolecular Hbond substituents is 1. The van der Waals surface area contributed by atoms with Crippen LogP contribution in [0.25, 0.3) is 0 Å². The van der Waals surface area contributed by atoms with Gasteiger partial charge in [0.2, 0.25) is 0 Å². The Labute approximate surface area is 137 Å². The number of phenols is 1. The van der Waals surface area contributed by atoms with Crippen LogP contribution in [0, 0.1) is 0 Å². The second-order valence-corrected chi connectivity index (χ2v) is 5.04. The number of rotatable bonds is 6. The number of aromatic hydroxyl groups is 1. The minimum Gasteiger partial charge on any atom is -0.508 e. The van der Waals surface area contributed by atoms with Crippen molar-refractivity contribution in [2.75, 3.05) is 32.1 Å². The summed E-state index contributed by atoms with van der Waals surface area (Å²) >= 11 is 6.08. The van der Waals surface area contributed by atoms with Gasteiger partial charge in [0.15, 0.2) is 0 Å². The second kappa shape index (κ2) is 10.1. The van der Waals surface area contributed by atoms with Crippen LogP contribution in [0.5, 0.6) is 5.75 Å². The number of halogens is 1. The molecule has 2 aromatic carbocycles. The summed E-state index contributed by atoms with van der Waals surface area (Å²) in [4.78, 5) is 2.20. The molecule has 0 fully saturated rings. The number of nitrogens with one attached hydrogen (secondary N) is 1. The van der Waals surface area contributed by atoms with Gasteiger partial charge >= 0.3 is 0 Å². The maximum Gasteiger partial charge on any atom is 0.115 e. The summed E-state index contributed by atoms with van der Waals surface area (Å²) in [5.41, 5.74) is 2.10. The van der Waals surface area contributed by atoms with Crippen LogP contribution in [0.3, 0.4) is 0 Å². The summed E-state index contributed by atoms with van der Waals surface area (Å²) < 4.78 is 0. The topological polar surface area (TPSA) is 55.7 Å². The van der Waals surface area contributed by atoms with Crippen molar-refractivity contribution in [2.24, 2.45) is 0 Å². The van der Waals surface area contributed by atoms with Crippen LogP contribution in [0.1, 0.15) is 6.42 Å². The normalized spacial score (nSPS) is 9.82. The van der Waals surface area contributed by atoms with Crippen LogP contribution in [-0.2, 0) is 0 Å². The molecule has 22 heavy (non-hydrogen) atoms. The van der Waals surface area contributed by atoms with Crippen LogP contribution >= 0.6 is 11.6 Å². The lowest BCUT2D eigenvalue weighted by molar-refractivity contribution is 0.399. The van der Waals surface area contributed by atoms with Gasteiger partial charge in [-0.25, -0.2) is 0 Å². The average Bonchev–Trinajstić information content (AvgIpc) is 2.55. The highest BCUT2D eigenvalue weighted by Crippen LogP contribution is 2.28. The van der Waals surface area contributed by atoms with Crippen LogP contribution in [-0.4, -0.2) is 37.5 Å². The largest absolute Gasteiger partial charge is 0.508 e. The van der Waals surface area contributed by atoms with E-state index in [1.165, 1.54) is 0 Å². The van der Waals surface area contributed by atoms with Gasteiger partial charge in [-0.1, -0.05) is 17.7 Å². The van der Waals surface area contributed by atoms with Gasteiger partial charge in [0.25, 0.3) is 0 Å². The summed E-state index contributed by atoms with van der Waals surface area (Å²) in [6.07, 6.45) is 1.02. The molecule has 0 heterocycles. The Morgan fingerprint density at radius 2 is 1.73 bits per heavy atom. The van der Waals surface area contributed by atoms with E-state index < -0.39 is 0 Å². The summed E-state index contributed by atoms with van der Waals surface area (Å²) in [5, 5.41) is 20.3. The van der Waals surface area contributed by atoms with Crippen molar-refractivity contribution in [3.63, 3.8) is 0 Å². The Morgan fingerprint density at radius 3 is 2.32 bits per heavy atom. The van der Waals surface area contributed by atoms with Crippen molar-refractivity contribution in [1.29, 1.82) is 0 Å². The zero-order chi connectivity index (χ0) is 16.4. The van der Waals surface area contributed by atoms with Gasteiger partial charge < -0.3 is 20.4 Å². The zero-order valence-electron chi connectivity index (χ0n) is 13.0. The fraction of sp³-hybridized carbons (Fsp3) is 0.294. The first-order valence-electron chi connectivity index (χ1n) is 7.12. The van der Waals surface area contributed by atoms with Gasteiger partial charge in [0, 0.05) is 30.1 Å². The summed E-state index contributed by atoms with van der Waals surface area (Å²) in [6, 6.07) is 15.0. The molecule has 0 saturated carbocycles. The third-order valence-electron chi connectivity index (χ3n) is 3.09. The molecule has 0 radical (unpaired) electrons. The van der Waals surface area contributed by atoms with Gasteiger partial charge in [0.05, 0.1) is 0 Å². The highest BCUT2D eigenvalue weighted by Gasteiger charge is 2.09. The van der Waals surface area contributed by atoms with Gasteiger partial charge in [-0.15, -0.1) is 0 Å². The molecule has 0 aliphatic heterocycles. The average molecular weight is 323 g/mol. The van der Waals surface area contributed by atoms with Crippen LogP contribution < -0.4 is 10.2 Å². The van der Waals surface area contributed by atoms with Crippen molar-refractivity contribution in [2.45, 2.75) is 6.42 Å². The Kier molecular flexibility index (Phi) is 8.36. The highest BCUT2D eigenvalue weighted by atomic mass is 35.5. The second-order valence-electron chi connectivity index (χ2n) is 4.61. The minimum absolute atomic E-state index is 0.273. The van der Waals surface area contributed by atoms with E-state index in [0.717, 1.165) is 43.0 Å². The molecular formula is C17H23ClN2O2. The molecule has 0 unspecified atom stereocenters. The monoisotopic (exact) mass is 322 g/mol. The number of nitrogens with zero attached hydrogens (tertiary/aromatic N) is 1.